The molecule has 0 saturated carbocycles. The lowest BCUT2D eigenvalue weighted by atomic mass is 10.1. The molecule has 0 saturated heterocycles. The minimum Gasteiger partial charge on any atom is -0.348 e. The smallest absolute Gasteiger partial charge is 0.251 e. The van der Waals surface area contributed by atoms with Gasteiger partial charge in [0, 0.05) is 46.2 Å². The van der Waals surface area contributed by atoms with Crippen LogP contribution in [0.1, 0.15) is 22.8 Å². The largest absolute Gasteiger partial charge is 0.348 e. The number of hydrogen-bond acceptors (Lipinski definition) is 6. The van der Waals surface area contributed by atoms with E-state index < -0.39 is 0 Å². The Balaban J connectivity index is 1.52. The number of fused-ring (bicyclic) bond motifs is 3. The van der Waals surface area contributed by atoms with E-state index in [2.05, 4.69) is 25.9 Å². The molecule has 170 valence electrons. The standard InChI is InChI=1S/C24H25ClN6O2/c1-14(13-31(2)3)27-23(33)15-4-7-18(8-5-15)28-24-26-12-16-10-21(32)29-20-11-17(25)6-9-19(20)22(16)30-24/h4-9,11-12,14H,10,13H2,1-3H3,(H,27,33)(H,29,32)(H,26,28,30). The summed E-state index contributed by atoms with van der Waals surface area (Å²) < 4.78 is 0. The first kappa shape index (κ1) is 22.7. The van der Waals surface area contributed by atoms with Gasteiger partial charge in [-0.15, -0.1) is 0 Å². The van der Waals surface area contributed by atoms with Gasteiger partial charge in [0.05, 0.1) is 17.8 Å². The molecule has 1 aromatic heterocycles. The highest BCUT2D eigenvalue weighted by atomic mass is 35.5. The molecule has 0 radical (unpaired) electrons. The van der Waals surface area contributed by atoms with Crippen molar-refractivity contribution in [3.8, 4) is 11.3 Å². The number of halogens is 1. The van der Waals surface area contributed by atoms with Crippen molar-refractivity contribution in [2.24, 2.45) is 0 Å². The van der Waals surface area contributed by atoms with Crippen LogP contribution in [-0.2, 0) is 11.2 Å². The van der Waals surface area contributed by atoms with Gasteiger partial charge in [-0.25, -0.2) is 9.97 Å². The second-order valence-electron chi connectivity index (χ2n) is 8.32. The molecule has 0 fully saturated rings. The van der Waals surface area contributed by atoms with E-state index in [9.17, 15) is 9.59 Å². The molecule has 33 heavy (non-hydrogen) atoms. The van der Waals surface area contributed by atoms with Gasteiger partial charge in [0.1, 0.15) is 0 Å². The number of nitrogens with one attached hydrogen (secondary N) is 3. The maximum Gasteiger partial charge on any atom is 0.251 e. The third-order valence-electron chi connectivity index (χ3n) is 5.15. The Labute approximate surface area is 197 Å². The van der Waals surface area contributed by atoms with Gasteiger partial charge in [-0.3, -0.25) is 9.59 Å². The number of rotatable bonds is 6. The second kappa shape index (κ2) is 9.56. The van der Waals surface area contributed by atoms with Crippen LogP contribution in [0.25, 0.3) is 11.3 Å². The fraction of sp³-hybridized carbons (Fsp3) is 0.250. The van der Waals surface area contributed by atoms with Crippen LogP contribution in [0, 0.1) is 0 Å². The van der Waals surface area contributed by atoms with E-state index in [0.29, 0.717) is 27.9 Å². The molecule has 2 amide bonds. The van der Waals surface area contributed by atoms with Crippen LogP contribution in [0.15, 0.2) is 48.7 Å². The number of carbonyl (C=O) groups is 2. The molecule has 1 aliphatic rings. The number of likely N-dealkylation sites (N-methyl/N-ethyl adjacent to an activating group) is 1. The van der Waals surface area contributed by atoms with Crippen molar-refractivity contribution >= 4 is 40.7 Å². The van der Waals surface area contributed by atoms with Gasteiger partial charge in [-0.2, -0.15) is 0 Å². The number of hydrogen-bond donors (Lipinski definition) is 3. The van der Waals surface area contributed by atoms with E-state index in [1.807, 2.05) is 32.0 Å². The number of amides is 2. The predicted octanol–water partition coefficient (Wildman–Crippen LogP) is 3.72. The average Bonchev–Trinajstić information content (AvgIpc) is 2.88. The molecule has 1 atom stereocenters. The van der Waals surface area contributed by atoms with Crippen molar-refractivity contribution < 1.29 is 9.59 Å². The highest BCUT2D eigenvalue weighted by Crippen LogP contribution is 2.34. The molecule has 2 heterocycles. The summed E-state index contributed by atoms with van der Waals surface area (Å²) in [6, 6.07) is 12.5. The quantitative estimate of drug-likeness (QED) is 0.514. The van der Waals surface area contributed by atoms with Crippen LogP contribution >= 0.6 is 11.6 Å². The van der Waals surface area contributed by atoms with Gasteiger partial charge < -0.3 is 20.9 Å². The maximum atomic E-state index is 12.4. The number of anilines is 3. The third kappa shape index (κ3) is 5.47. The Morgan fingerprint density at radius 1 is 1.21 bits per heavy atom. The molecular weight excluding hydrogens is 440 g/mol. The molecule has 0 spiro atoms. The van der Waals surface area contributed by atoms with E-state index in [1.165, 1.54) is 0 Å². The SMILES string of the molecule is CC(CN(C)C)NC(=O)c1ccc(Nc2ncc3c(n2)-c2ccc(Cl)cc2NC(=O)C3)cc1. The van der Waals surface area contributed by atoms with E-state index >= 15 is 0 Å². The first-order valence-electron chi connectivity index (χ1n) is 10.6. The summed E-state index contributed by atoms with van der Waals surface area (Å²) in [7, 11) is 3.94. The van der Waals surface area contributed by atoms with Crippen LogP contribution in [0.3, 0.4) is 0 Å². The Kier molecular flexibility index (Phi) is 6.57. The second-order valence-corrected chi connectivity index (χ2v) is 8.76. The Bertz CT molecular complexity index is 1200. The van der Waals surface area contributed by atoms with Crippen LogP contribution in [0.5, 0.6) is 0 Å². The molecule has 3 aromatic rings. The van der Waals surface area contributed by atoms with Gasteiger partial charge in [-0.05, 0) is 63.5 Å². The Morgan fingerprint density at radius 3 is 2.70 bits per heavy atom. The molecule has 3 N–H and O–H groups in total. The zero-order valence-electron chi connectivity index (χ0n) is 18.6. The molecule has 2 aromatic carbocycles. The van der Waals surface area contributed by atoms with Crippen molar-refractivity contribution in [1.82, 2.24) is 20.2 Å². The van der Waals surface area contributed by atoms with Crippen LogP contribution in [-0.4, -0.2) is 53.4 Å². The van der Waals surface area contributed by atoms with Crippen molar-refractivity contribution in [2.45, 2.75) is 19.4 Å². The average molecular weight is 465 g/mol. The molecule has 4 rings (SSSR count). The zero-order valence-corrected chi connectivity index (χ0v) is 19.4. The van der Waals surface area contributed by atoms with Crippen molar-refractivity contribution in [2.75, 3.05) is 31.3 Å². The lowest BCUT2D eigenvalue weighted by molar-refractivity contribution is -0.115. The van der Waals surface area contributed by atoms with Crippen LogP contribution < -0.4 is 16.0 Å². The van der Waals surface area contributed by atoms with Gasteiger partial charge >= 0.3 is 0 Å². The third-order valence-corrected chi connectivity index (χ3v) is 5.38. The van der Waals surface area contributed by atoms with Crippen molar-refractivity contribution in [1.29, 1.82) is 0 Å². The lowest BCUT2D eigenvalue weighted by Crippen LogP contribution is -2.39. The summed E-state index contributed by atoms with van der Waals surface area (Å²) in [6.07, 6.45) is 1.83. The van der Waals surface area contributed by atoms with Gasteiger partial charge in [0.2, 0.25) is 11.9 Å². The van der Waals surface area contributed by atoms with E-state index in [4.69, 9.17) is 11.6 Å². The summed E-state index contributed by atoms with van der Waals surface area (Å²) in [6.45, 7) is 2.73. The molecular formula is C24H25ClN6O2. The Morgan fingerprint density at radius 2 is 1.97 bits per heavy atom. The number of benzene rings is 2. The summed E-state index contributed by atoms with van der Waals surface area (Å²) in [4.78, 5) is 35.7. The Hall–Kier alpha value is -3.49. The summed E-state index contributed by atoms with van der Waals surface area (Å²) in [5.41, 5.74) is 4.12. The first-order chi connectivity index (χ1) is 15.8. The molecule has 0 bridgehead atoms. The molecule has 0 aliphatic carbocycles. The first-order valence-corrected chi connectivity index (χ1v) is 10.9. The predicted molar refractivity (Wildman–Crippen MR) is 130 cm³/mol. The van der Waals surface area contributed by atoms with Crippen molar-refractivity contribution in [3.05, 3.63) is 64.8 Å². The highest BCUT2D eigenvalue weighted by Gasteiger charge is 2.21. The normalized spacial score (nSPS) is 13.4. The number of aromatic nitrogens is 2. The topological polar surface area (TPSA) is 99.2 Å². The lowest BCUT2D eigenvalue weighted by Gasteiger charge is -2.18. The van der Waals surface area contributed by atoms with E-state index in [-0.39, 0.29) is 24.3 Å². The maximum absolute atomic E-state index is 12.4. The summed E-state index contributed by atoms with van der Waals surface area (Å²) in [5.74, 6) is 0.126. The fourth-order valence-corrected chi connectivity index (χ4v) is 3.93. The fourth-order valence-electron chi connectivity index (χ4n) is 3.76. The van der Waals surface area contributed by atoms with Gasteiger partial charge in [0.25, 0.3) is 5.91 Å². The van der Waals surface area contributed by atoms with Crippen LogP contribution in [0.4, 0.5) is 17.3 Å². The number of nitrogens with zero attached hydrogens (tertiary/aromatic N) is 3. The van der Waals surface area contributed by atoms with E-state index in [1.54, 1.807) is 42.6 Å². The summed E-state index contributed by atoms with van der Waals surface area (Å²) in [5, 5.41) is 9.55. The minimum atomic E-state index is -0.143. The highest BCUT2D eigenvalue weighted by molar-refractivity contribution is 6.31. The molecule has 1 unspecified atom stereocenters. The monoisotopic (exact) mass is 464 g/mol. The van der Waals surface area contributed by atoms with Gasteiger partial charge in [-0.1, -0.05) is 11.6 Å². The van der Waals surface area contributed by atoms with Crippen LogP contribution in [0.2, 0.25) is 5.02 Å². The summed E-state index contributed by atoms with van der Waals surface area (Å²) >= 11 is 6.10. The number of carbonyl (C=O) groups excluding carboxylic acids is 2. The minimum absolute atomic E-state index is 0.0393. The van der Waals surface area contributed by atoms with Gasteiger partial charge in [0.15, 0.2) is 0 Å². The molecule has 9 heteroatoms. The molecule has 8 nitrogen and oxygen atoms in total. The zero-order chi connectivity index (χ0) is 23.5. The van der Waals surface area contributed by atoms with Crippen molar-refractivity contribution in [3.63, 3.8) is 0 Å². The molecule has 1 aliphatic heterocycles. The van der Waals surface area contributed by atoms with E-state index in [0.717, 1.165) is 23.4 Å².